The van der Waals surface area contributed by atoms with Crippen LogP contribution in [0.3, 0.4) is 0 Å². The van der Waals surface area contributed by atoms with Crippen molar-refractivity contribution in [2.24, 2.45) is 16.1 Å². The van der Waals surface area contributed by atoms with E-state index in [-0.39, 0.29) is 24.0 Å². The molecule has 0 radical (unpaired) electrons. The van der Waals surface area contributed by atoms with Crippen molar-refractivity contribution in [1.82, 2.24) is 4.90 Å². The first-order chi connectivity index (χ1) is 10.4. The van der Waals surface area contributed by atoms with E-state index in [2.05, 4.69) is 61.4 Å². The van der Waals surface area contributed by atoms with Gasteiger partial charge in [0.2, 0.25) is 0 Å². The summed E-state index contributed by atoms with van der Waals surface area (Å²) >= 11 is 0. The van der Waals surface area contributed by atoms with Crippen molar-refractivity contribution in [3.63, 3.8) is 0 Å². The van der Waals surface area contributed by atoms with Gasteiger partial charge in [-0.1, -0.05) is 18.9 Å². The van der Waals surface area contributed by atoms with Crippen LogP contribution in [0.25, 0.3) is 0 Å². The average Bonchev–Trinajstić information content (AvgIpc) is 2.89. The van der Waals surface area contributed by atoms with E-state index in [1.54, 1.807) is 0 Å². The summed E-state index contributed by atoms with van der Waals surface area (Å²) < 4.78 is 0. The fourth-order valence-electron chi connectivity index (χ4n) is 3.42. The third kappa shape index (κ3) is 5.95. The van der Waals surface area contributed by atoms with Crippen molar-refractivity contribution in [2.75, 3.05) is 32.5 Å². The van der Waals surface area contributed by atoms with Gasteiger partial charge in [0, 0.05) is 24.2 Å². The van der Waals surface area contributed by atoms with Crippen LogP contribution in [0, 0.1) is 19.3 Å². The van der Waals surface area contributed by atoms with Crippen LogP contribution >= 0.6 is 24.0 Å². The molecular weight excluding hydrogens is 399 g/mol. The Bertz CT molecular complexity index is 534. The molecule has 0 aromatic heterocycles. The van der Waals surface area contributed by atoms with Gasteiger partial charge in [-0.3, -0.25) is 4.99 Å². The monoisotopic (exact) mass is 430 g/mol. The number of rotatable bonds is 5. The minimum Gasteiger partial charge on any atom is -0.370 e. The molecule has 3 N–H and O–H groups in total. The van der Waals surface area contributed by atoms with E-state index in [4.69, 9.17) is 5.73 Å². The number of aryl methyl sites for hydroxylation is 2. The molecule has 0 amide bonds. The fraction of sp³-hybridized carbons (Fsp3) is 0.611. The highest BCUT2D eigenvalue weighted by Crippen LogP contribution is 2.38. The normalized spacial score (nSPS) is 17.2. The van der Waals surface area contributed by atoms with Gasteiger partial charge in [-0.15, -0.1) is 24.0 Å². The Morgan fingerprint density at radius 1 is 1.22 bits per heavy atom. The second-order valence-corrected chi connectivity index (χ2v) is 7.07. The molecule has 5 heteroatoms. The quantitative estimate of drug-likeness (QED) is 0.425. The van der Waals surface area contributed by atoms with Crippen molar-refractivity contribution in [3.05, 3.63) is 29.3 Å². The number of aliphatic imine (C=N–C) groups is 1. The summed E-state index contributed by atoms with van der Waals surface area (Å²) in [6, 6.07) is 6.27. The predicted octanol–water partition coefficient (Wildman–Crippen LogP) is 3.77. The van der Waals surface area contributed by atoms with Crippen LogP contribution in [-0.2, 0) is 0 Å². The van der Waals surface area contributed by atoms with Crippen LogP contribution in [0.15, 0.2) is 23.2 Å². The second kappa shape index (κ2) is 8.87. The van der Waals surface area contributed by atoms with Crippen LogP contribution in [0.2, 0.25) is 0 Å². The predicted molar refractivity (Wildman–Crippen MR) is 111 cm³/mol. The molecule has 23 heavy (non-hydrogen) atoms. The van der Waals surface area contributed by atoms with Crippen LogP contribution in [-0.4, -0.2) is 38.0 Å². The topological polar surface area (TPSA) is 53.6 Å². The van der Waals surface area contributed by atoms with E-state index in [0.717, 1.165) is 18.8 Å². The lowest BCUT2D eigenvalue weighted by Gasteiger charge is -2.30. The number of guanidine groups is 1. The first-order valence-corrected chi connectivity index (χ1v) is 8.19. The maximum absolute atomic E-state index is 6.09. The Labute approximate surface area is 157 Å². The molecule has 1 aliphatic carbocycles. The van der Waals surface area contributed by atoms with Gasteiger partial charge < -0.3 is 16.0 Å². The zero-order valence-electron chi connectivity index (χ0n) is 14.9. The Morgan fingerprint density at radius 3 is 2.43 bits per heavy atom. The highest BCUT2D eigenvalue weighted by molar-refractivity contribution is 14.0. The number of anilines is 1. The molecule has 1 aromatic rings. The molecule has 0 heterocycles. The third-order valence-corrected chi connectivity index (χ3v) is 4.68. The van der Waals surface area contributed by atoms with Gasteiger partial charge in [0.15, 0.2) is 5.96 Å². The SMILES string of the molecule is Cc1ccc(NC(N)=NCC2(CN(C)C)CCCC2)cc1C.I. The summed E-state index contributed by atoms with van der Waals surface area (Å²) in [6.07, 6.45) is 5.14. The molecule has 0 bridgehead atoms. The number of nitrogens with one attached hydrogen (secondary N) is 1. The summed E-state index contributed by atoms with van der Waals surface area (Å²) in [5.74, 6) is 0.522. The third-order valence-electron chi connectivity index (χ3n) is 4.68. The first kappa shape index (κ1) is 20.2. The maximum atomic E-state index is 6.09. The van der Waals surface area contributed by atoms with E-state index >= 15 is 0 Å². The smallest absolute Gasteiger partial charge is 0.193 e. The molecule has 2 rings (SSSR count). The summed E-state index contributed by atoms with van der Waals surface area (Å²) in [6.45, 7) is 6.13. The lowest BCUT2D eigenvalue weighted by atomic mass is 9.86. The molecular formula is C18H31IN4. The molecule has 1 fully saturated rings. The van der Waals surface area contributed by atoms with Crippen LogP contribution in [0.5, 0.6) is 0 Å². The standard InChI is InChI=1S/C18H30N4.HI/c1-14-7-8-16(11-15(14)2)21-17(19)20-12-18(13-22(3)4)9-5-6-10-18;/h7-8,11H,5-6,9-10,12-13H2,1-4H3,(H3,19,20,21);1H. The van der Waals surface area contributed by atoms with E-state index in [1.807, 2.05) is 0 Å². The molecule has 1 saturated carbocycles. The molecule has 0 unspecified atom stereocenters. The molecule has 1 aliphatic rings. The van der Waals surface area contributed by atoms with Gasteiger partial charge in [0.1, 0.15) is 0 Å². The zero-order valence-corrected chi connectivity index (χ0v) is 17.2. The van der Waals surface area contributed by atoms with Gasteiger partial charge in [0.05, 0.1) is 0 Å². The van der Waals surface area contributed by atoms with Gasteiger partial charge in [-0.05, 0) is 64.0 Å². The molecule has 0 spiro atoms. The Balaban J connectivity index is 0.00000264. The van der Waals surface area contributed by atoms with Gasteiger partial charge >= 0.3 is 0 Å². The van der Waals surface area contributed by atoms with Crippen molar-refractivity contribution in [1.29, 1.82) is 0 Å². The highest BCUT2D eigenvalue weighted by atomic mass is 127. The number of halogens is 1. The van der Waals surface area contributed by atoms with E-state index in [0.29, 0.717) is 11.4 Å². The second-order valence-electron chi connectivity index (χ2n) is 7.07. The Hall–Kier alpha value is -0.820. The number of nitrogens with two attached hydrogens (primary N) is 1. The van der Waals surface area contributed by atoms with Crippen molar-refractivity contribution in [2.45, 2.75) is 39.5 Å². The van der Waals surface area contributed by atoms with Crippen LogP contribution in [0.4, 0.5) is 5.69 Å². The summed E-state index contributed by atoms with van der Waals surface area (Å²) in [4.78, 5) is 6.91. The maximum Gasteiger partial charge on any atom is 0.193 e. The zero-order chi connectivity index (χ0) is 16.2. The van der Waals surface area contributed by atoms with Crippen LogP contribution in [0.1, 0.15) is 36.8 Å². The largest absolute Gasteiger partial charge is 0.370 e. The minimum absolute atomic E-state index is 0. The molecule has 1 aromatic carbocycles. The number of hydrogen-bond donors (Lipinski definition) is 2. The summed E-state index contributed by atoms with van der Waals surface area (Å²) in [7, 11) is 4.28. The number of nitrogens with zero attached hydrogens (tertiary/aromatic N) is 2. The Kier molecular flexibility index (Phi) is 7.80. The highest BCUT2D eigenvalue weighted by Gasteiger charge is 2.34. The minimum atomic E-state index is 0. The average molecular weight is 430 g/mol. The molecule has 130 valence electrons. The van der Waals surface area contributed by atoms with E-state index < -0.39 is 0 Å². The summed E-state index contributed by atoms with van der Waals surface area (Å²) in [5, 5.41) is 3.22. The molecule has 4 nitrogen and oxygen atoms in total. The van der Waals surface area contributed by atoms with E-state index in [9.17, 15) is 0 Å². The number of hydrogen-bond acceptors (Lipinski definition) is 2. The molecule has 0 atom stereocenters. The van der Waals surface area contributed by atoms with Gasteiger partial charge in [-0.25, -0.2) is 0 Å². The molecule has 0 saturated heterocycles. The fourth-order valence-corrected chi connectivity index (χ4v) is 3.42. The van der Waals surface area contributed by atoms with Crippen molar-refractivity contribution < 1.29 is 0 Å². The Morgan fingerprint density at radius 2 is 1.87 bits per heavy atom. The van der Waals surface area contributed by atoms with Crippen molar-refractivity contribution in [3.8, 4) is 0 Å². The van der Waals surface area contributed by atoms with E-state index in [1.165, 1.54) is 36.8 Å². The first-order valence-electron chi connectivity index (χ1n) is 8.19. The molecule has 0 aliphatic heterocycles. The lowest BCUT2D eigenvalue weighted by molar-refractivity contribution is 0.210. The summed E-state index contributed by atoms with van der Waals surface area (Å²) in [5.41, 5.74) is 9.95. The number of benzene rings is 1. The van der Waals surface area contributed by atoms with Gasteiger partial charge in [0.25, 0.3) is 0 Å². The van der Waals surface area contributed by atoms with Crippen molar-refractivity contribution >= 4 is 35.6 Å². The van der Waals surface area contributed by atoms with Crippen LogP contribution < -0.4 is 11.1 Å². The lowest BCUT2D eigenvalue weighted by Crippen LogP contribution is -2.35. The van der Waals surface area contributed by atoms with Gasteiger partial charge in [-0.2, -0.15) is 0 Å².